The number of morpholine rings is 1. The van der Waals surface area contributed by atoms with Crippen molar-refractivity contribution in [3.63, 3.8) is 0 Å². The van der Waals surface area contributed by atoms with Crippen molar-refractivity contribution in [3.05, 3.63) is 24.3 Å². The molecule has 0 radical (unpaired) electrons. The number of esters is 2. The van der Waals surface area contributed by atoms with Gasteiger partial charge in [-0.2, -0.15) is 0 Å². The Labute approximate surface area is 303 Å². The van der Waals surface area contributed by atoms with Gasteiger partial charge in [0.1, 0.15) is 0 Å². The summed E-state index contributed by atoms with van der Waals surface area (Å²) in [6.45, 7) is 8.42. The van der Waals surface area contributed by atoms with Gasteiger partial charge in [0.15, 0.2) is 0 Å². The number of unbranched alkanes of at least 4 members (excludes halogenated alkanes) is 22. The van der Waals surface area contributed by atoms with Gasteiger partial charge in [-0.1, -0.05) is 141 Å². The molecule has 1 fully saturated rings. The van der Waals surface area contributed by atoms with Crippen LogP contribution in [0.4, 0.5) is 0 Å². The molecule has 0 amide bonds. The second-order valence-electron chi connectivity index (χ2n) is 14.3. The molecule has 0 aromatic heterocycles. The van der Waals surface area contributed by atoms with Crippen LogP contribution in [-0.4, -0.2) is 56.0 Å². The molecule has 0 N–H and O–H groups in total. The third-order valence-corrected chi connectivity index (χ3v) is 9.60. The molecule has 1 aliphatic rings. The monoisotopic (exact) mass is 690 g/mol. The van der Waals surface area contributed by atoms with E-state index >= 15 is 0 Å². The van der Waals surface area contributed by atoms with E-state index in [-0.39, 0.29) is 11.9 Å². The summed E-state index contributed by atoms with van der Waals surface area (Å²) in [7, 11) is 0. The third kappa shape index (κ3) is 32.0. The Morgan fingerprint density at radius 3 is 1.27 bits per heavy atom. The molecule has 0 unspecified atom stereocenters. The van der Waals surface area contributed by atoms with Crippen LogP contribution in [0.15, 0.2) is 24.3 Å². The largest absolute Gasteiger partial charge is 0.425 e. The van der Waals surface area contributed by atoms with Crippen molar-refractivity contribution in [1.29, 1.82) is 0 Å². The molecule has 1 aliphatic heterocycles. The number of allylic oxidation sites excluding steroid dienone is 4. The van der Waals surface area contributed by atoms with E-state index in [2.05, 4.69) is 43.1 Å². The van der Waals surface area contributed by atoms with Crippen molar-refractivity contribution in [1.82, 2.24) is 4.90 Å². The van der Waals surface area contributed by atoms with Gasteiger partial charge in [0.2, 0.25) is 6.29 Å². The fourth-order valence-electron chi connectivity index (χ4n) is 6.35. The van der Waals surface area contributed by atoms with E-state index in [1.54, 1.807) is 0 Å². The Hall–Kier alpha value is -1.66. The molecule has 0 aliphatic carbocycles. The maximum Gasteiger partial charge on any atom is 0.308 e. The average Bonchev–Trinajstić information content (AvgIpc) is 3.11. The second-order valence-corrected chi connectivity index (χ2v) is 14.3. The zero-order chi connectivity index (χ0) is 35.3. The molecule has 0 bridgehead atoms. The summed E-state index contributed by atoms with van der Waals surface area (Å²) in [6, 6.07) is 0. The maximum absolute atomic E-state index is 12.7. The lowest BCUT2D eigenvalue weighted by Gasteiger charge is -2.28. The van der Waals surface area contributed by atoms with Crippen molar-refractivity contribution in [2.24, 2.45) is 0 Å². The highest BCUT2D eigenvalue weighted by molar-refractivity contribution is 5.71. The third-order valence-electron chi connectivity index (χ3n) is 9.60. The molecule has 6 nitrogen and oxygen atoms in total. The van der Waals surface area contributed by atoms with Crippen LogP contribution in [-0.2, 0) is 23.8 Å². The maximum atomic E-state index is 12.7. The lowest BCUT2D eigenvalue weighted by Crippen LogP contribution is -2.39. The Balaban J connectivity index is 2.15. The van der Waals surface area contributed by atoms with Gasteiger partial charge in [0, 0.05) is 38.9 Å². The Morgan fingerprint density at radius 2 is 0.878 bits per heavy atom. The zero-order valence-electron chi connectivity index (χ0n) is 32.4. The summed E-state index contributed by atoms with van der Waals surface area (Å²) < 4.78 is 16.9. The van der Waals surface area contributed by atoms with Crippen LogP contribution in [0.2, 0.25) is 0 Å². The molecule has 0 aromatic carbocycles. The summed E-state index contributed by atoms with van der Waals surface area (Å²) in [5.74, 6) is -0.503. The number of rotatable bonds is 35. The van der Waals surface area contributed by atoms with Crippen molar-refractivity contribution in [2.45, 2.75) is 206 Å². The minimum absolute atomic E-state index is 0.251. The van der Waals surface area contributed by atoms with Crippen LogP contribution in [0.5, 0.6) is 0 Å². The summed E-state index contributed by atoms with van der Waals surface area (Å²) in [4.78, 5) is 27.6. The minimum Gasteiger partial charge on any atom is -0.425 e. The Morgan fingerprint density at radius 1 is 0.531 bits per heavy atom. The highest BCUT2D eigenvalue weighted by Crippen LogP contribution is 2.15. The summed E-state index contributed by atoms with van der Waals surface area (Å²) in [5, 5.41) is 0. The summed E-state index contributed by atoms with van der Waals surface area (Å²) >= 11 is 0. The average molecular weight is 690 g/mol. The number of carbonyl (C=O) groups excluding carboxylic acids is 2. The van der Waals surface area contributed by atoms with Crippen molar-refractivity contribution in [3.8, 4) is 0 Å². The highest BCUT2D eigenvalue weighted by atomic mass is 16.7. The molecule has 49 heavy (non-hydrogen) atoms. The molecule has 1 heterocycles. The van der Waals surface area contributed by atoms with Crippen LogP contribution in [0.1, 0.15) is 200 Å². The Bertz CT molecular complexity index is 737. The van der Waals surface area contributed by atoms with Gasteiger partial charge in [-0.25, -0.2) is 0 Å². The van der Waals surface area contributed by atoms with Crippen LogP contribution < -0.4 is 0 Å². The summed E-state index contributed by atoms with van der Waals surface area (Å²) in [5.41, 5.74) is 0. The van der Waals surface area contributed by atoms with Gasteiger partial charge in [-0.15, -0.1) is 0 Å². The summed E-state index contributed by atoms with van der Waals surface area (Å²) in [6.07, 6.45) is 41.8. The molecule has 0 atom stereocenters. The molecule has 0 saturated carbocycles. The molecule has 6 heteroatoms. The van der Waals surface area contributed by atoms with Crippen molar-refractivity contribution in [2.75, 3.05) is 32.8 Å². The van der Waals surface area contributed by atoms with E-state index in [9.17, 15) is 9.59 Å². The standard InChI is InChI=1S/C43H79NO5/c1-3-5-7-9-11-13-15-17-19-21-23-25-27-29-31-33-41(45)48-43(35-36-44-37-39-47-40-38-44)49-42(46)34-32-30-28-26-24-22-20-18-16-14-12-10-8-6-4-2/h17-20,43H,3-16,21-40H2,1-2H3/b19-17-,20-18-. The molecular formula is C43H79NO5. The minimum atomic E-state index is -0.797. The smallest absolute Gasteiger partial charge is 0.308 e. The van der Waals surface area contributed by atoms with Gasteiger partial charge in [-0.05, 0) is 64.2 Å². The van der Waals surface area contributed by atoms with Crippen molar-refractivity contribution >= 4 is 11.9 Å². The van der Waals surface area contributed by atoms with E-state index < -0.39 is 6.29 Å². The highest BCUT2D eigenvalue weighted by Gasteiger charge is 2.21. The molecule has 0 aromatic rings. The number of hydrogen-bond acceptors (Lipinski definition) is 6. The fourth-order valence-corrected chi connectivity index (χ4v) is 6.35. The van der Waals surface area contributed by atoms with E-state index in [1.807, 2.05) is 0 Å². The lowest BCUT2D eigenvalue weighted by atomic mass is 10.1. The first-order chi connectivity index (χ1) is 24.2. The van der Waals surface area contributed by atoms with E-state index in [0.29, 0.717) is 19.3 Å². The van der Waals surface area contributed by atoms with Crippen LogP contribution in [0, 0.1) is 0 Å². The fraction of sp³-hybridized carbons (Fsp3) is 0.860. The molecule has 1 rings (SSSR count). The van der Waals surface area contributed by atoms with Crippen molar-refractivity contribution < 1.29 is 23.8 Å². The first-order valence-corrected chi connectivity index (χ1v) is 21.1. The molecule has 286 valence electrons. The normalized spacial score (nSPS) is 14.0. The van der Waals surface area contributed by atoms with Gasteiger partial charge in [0.05, 0.1) is 13.2 Å². The topological polar surface area (TPSA) is 65.1 Å². The predicted molar refractivity (Wildman–Crippen MR) is 207 cm³/mol. The predicted octanol–water partition coefficient (Wildman–Crippen LogP) is 12.2. The lowest BCUT2D eigenvalue weighted by molar-refractivity contribution is -0.190. The van der Waals surface area contributed by atoms with E-state index in [1.165, 1.54) is 116 Å². The van der Waals surface area contributed by atoms with Gasteiger partial charge < -0.3 is 14.2 Å². The first kappa shape index (κ1) is 45.4. The van der Waals surface area contributed by atoms with E-state index in [0.717, 1.165) is 84.2 Å². The first-order valence-electron chi connectivity index (χ1n) is 21.1. The quantitative estimate of drug-likeness (QED) is 0.0286. The second kappa shape index (κ2) is 36.1. The van der Waals surface area contributed by atoms with Gasteiger partial charge in [0.25, 0.3) is 0 Å². The number of hydrogen-bond donors (Lipinski definition) is 0. The molecule has 0 spiro atoms. The SMILES string of the molecule is CCCCCCCC/C=C\CCCCCCCC(=O)OC(CCN1CCOCC1)OC(=O)CCCCCCC/C=C\CCCCCCCC. The number of ether oxygens (including phenoxy) is 3. The molecule has 1 saturated heterocycles. The zero-order valence-corrected chi connectivity index (χ0v) is 32.4. The van der Waals surface area contributed by atoms with E-state index in [4.69, 9.17) is 14.2 Å². The molecular weight excluding hydrogens is 610 g/mol. The van der Waals surface area contributed by atoms with Gasteiger partial charge in [-0.3, -0.25) is 14.5 Å². The van der Waals surface area contributed by atoms with Crippen LogP contribution in [0.3, 0.4) is 0 Å². The van der Waals surface area contributed by atoms with Crippen LogP contribution in [0.25, 0.3) is 0 Å². The number of carbonyl (C=O) groups is 2. The Kier molecular flexibility index (Phi) is 33.5. The number of nitrogens with zero attached hydrogens (tertiary/aromatic N) is 1. The van der Waals surface area contributed by atoms with Gasteiger partial charge >= 0.3 is 11.9 Å². The van der Waals surface area contributed by atoms with Crippen LogP contribution >= 0.6 is 0 Å².